The number of aliphatic hydroxyl groups excluding tert-OH is 2. The maximum Gasteiger partial charge on any atom is 0.308 e. The summed E-state index contributed by atoms with van der Waals surface area (Å²) in [5.41, 5.74) is -1.47. The number of aliphatic carboxylic acids is 1. The summed E-state index contributed by atoms with van der Waals surface area (Å²) in [6, 6.07) is 0. The summed E-state index contributed by atoms with van der Waals surface area (Å²) in [5.74, 6) is -2.42. The number of aliphatic hydroxyl groups is 2. The Bertz CT molecular complexity index is 332. The van der Waals surface area contributed by atoms with Crippen molar-refractivity contribution in [3.63, 3.8) is 0 Å². The lowest BCUT2D eigenvalue weighted by Gasteiger charge is -2.30. The molecule has 2 unspecified atom stereocenters. The first-order chi connectivity index (χ1) is 8.43. The zero-order valence-corrected chi connectivity index (χ0v) is 12.2. The Morgan fingerprint density at radius 3 is 1.95 bits per heavy atom. The molecule has 6 heteroatoms. The fourth-order valence-corrected chi connectivity index (χ4v) is 1.50. The minimum atomic E-state index is -1.38. The standard InChI is InChI=1S/C13H25NO5/c1-12(2,3)8(11(18)19)6-14-10(17)9(16)13(4,5)7-15/h8-9,15-16H,6-7H2,1-5H3,(H,14,17)(H,18,19). The normalized spacial score (nSPS) is 15.7. The largest absolute Gasteiger partial charge is 0.481 e. The fraction of sp³-hybridized carbons (Fsp3) is 0.846. The molecular formula is C13H25NO5. The molecular weight excluding hydrogens is 250 g/mol. The number of carboxylic acid groups (broad SMARTS) is 1. The molecule has 0 bridgehead atoms. The first-order valence-electron chi connectivity index (χ1n) is 6.23. The van der Waals surface area contributed by atoms with Crippen molar-refractivity contribution in [3.8, 4) is 0 Å². The molecule has 4 N–H and O–H groups in total. The highest BCUT2D eigenvalue weighted by molar-refractivity contribution is 5.82. The second kappa shape index (κ2) is 6.34. The lowest BCUT2D eigenvalue weighted by molar-refractivity contribution is -0.146. The van der Waals surface area contributed by atoms with Gasteiger partial charge in [0, 0.05) is 12.0 Å². The monoisotopic (exact) mass is 275 g/mol. The molecule has 112 valence electrons. The molecule has 0 fully saturated rings. The van der Waals surface area contributed by atoms with Crippen LogP contribution in [0.3, 0.4) is 0 Å². The van der Waals surface area contributed by atoms with Crippen molar-refractivity contribution in [3.05, 3.63) is 0 Å². The molecule has 0 aliphatic carbocycles. The topological polar surface area (TPSA) is 107 Å². The Hall–Kier alpha value is -1.14. The van der Waals surface area contributed by atoms with Crippen molar-refractivity contribution < 1.29 is 24.9 Å². The van der Waals surface area contributed by atoms with Crippen molar-refractivity contribution >= 4 is 11.9 Å². The maximum atomic E-state index is 11.7. The molecule has 0 saturated heterocycles. The van der Waals surface area contributed by atoms with Gasteiger partial charge in [-0.2, -0.15) is 0 Å². The smallest absolute Gasteiger partial charge is 0.308 e. The van der Waals surface area contributed by atoms with Gasteiger partial charge in [-0.15, -0.1) is 0 Å². The second-order valence-corrected chi connectivity index (χ2v) is 6.55. The van der Waals surface area contributed by atoms with Crippen LogP contribution in [0.15, 0.2) is 0 Å². The van der Waals surface area contributed by atoms with Gasteiger partial charge in [0.1, 0.15) is 6.10 Å². The van der Waals surface area contributed by atoms with Crippen LogP contribution < -0.4 is 5.32 Å². The summed E-state index contributed by atoms with van der Waals surface area (Å²) >= 11 is 0. The molecule has 0 aliphatic rings. The molecule has 0 radical (unpaired) electrons. The maximum absolute atomic E-state index is 11.7. The molecule has 0 aromatic rings. The minimum Gasteiger partial charge on any atom is -0.481 e. The average Bonchev–Trinajstić information content (AvgIpc) is 2.25. The van der Waals surface area contributed by atoms with Crippen LogP contribution in [0.5, 0.6) is 0 Å². The van der Waals surface area contributed by atoms with E-state index in [0.717, 1.165) is 0 Å². The van der Waals surface area contributed by atoms with Gasteiger partial charge in [0.05, 0.1) is 12.5 Å². The van der Waals surface area contributed by atoms with E-state index < -0.39 is 34.7 Å². The summed E-state index contributed by atoms with van der Waals surface area (Å²) in [6.45, 7) is 8.01. The Kier molecular flexibility index (Phi) is 5.96. The minimum absolute atomic E-state index is 0.0593. The van der Waals surface area contributed by atoms with Gasteiger partial charge in [0.25, 0.3) is 0 Å². The quantitative estimate of drug-likeness (QED) is 0.555. The van der Waals surface area contributed by atoms with Gasteiger partial charge in [0.15, 0.2) is 0 Å². The molecule has 0 spiro atoms. The third-order valence-electron chi connectivity index (χ3n) is 3.22. The predicted molar refractivity (Wildman–Crippen MR) is 70.5 cm³/mol. The summed E-state index contributed by atoms with van der Waals surface area (Å²) < 4.78 is 0. The van der Waals surface area contributed by atoms with Gasteiger partial charge < -0.3 is 20.6 Å². The lowest BCUT2D eigenvalue weighted by Crippen LogP contribution is -2.48. The third-order valence-corrected chi connectivity index (χ3v) is 3.22. The van der Waals surface area contributed by atoms with E-state index in [1.165, 1.54) is 0 Å². The van der Waals surface area contributed by atoms with Gasteiger partial charge in [-0.05, 0) is 5.41 Å². The van der Waals surface area contributed by atoms with Gasteiger partial charge in [-0.3, -0.25) is 9.59 Å². The van der Waals surface area contributed by atoms with Crippen LogP contribution >= 0.6 is 0 Å². The van der Waals surface area contributed by atoms with Crippen LogP contribution in [0.4, 0.5) is 0 Å². The van der Waals surface area contributed by atoms with E-state index in [0.29, 0.717) is 0 Å². The molecule has 0 aliphatic heterocycles. The van der Waals surface area contributed by atoms with Crippen LogP contribution in [-0.4, -0.2) is 46.5 Å². The molecule has 0 saturated carbocycles. The number of carbonyl (C=O) groups excluding carboxylic acids is 1. The van der Waals surface area contributed by atoms with Crippen molar-refractivity contribution in [1.82, 2.24) is 5.32 Å². The van der Waals surface area contributed by atoms with Crippen LogP contribution in [0.2, 0.25) is 0 Å². The Morgan fingerprint density at radius 2 is 1.63 bits per heavy atom. The van der Waals surface area contributed by atoms with Crippen LogP contribution in [0.1, 0.15) is 34.6 Å². The molecule has 19 heavy (non-hydrogen) atoms. The number of carboxylic acids is 1. The van der Waals surface area contributed by atoms with E-state index >= 15 is 0 Å². The number of carbonyl (C=O) groups is 2. The molecule has 2 atom stereocenters. The van der Waals surface area contributed by atoms with Crippen molar-refractivity contribution in [1.29, 1.82) is 0 Å². The van der Waals surface area contributed by atoms with E-state index in [-0.39, 0.29) is 13.2 Å². The fourth-order valence-electron chi connectivity index (χ4n) is 1.50. The van der Waals surface area contributed by atoms with Crippen LogP contribution in [0, 0.1) is 16.7 Å². The highest BCUT2D eigenvalue weighted by atomic mass is 16.4. The van der Waals surface area contributed by atoms with E-state index in [4.69, 9.17) is 10.2 Å². The molecule has 0 rings (SSSR count). The molecule has 1 amide bonds. The Labute approximate surface area is 113 Å². The van der Waals surface area contributed by atoms with Crippen LogP contribution in [0.25, 0.3) is 0 Å². The average molecular weight is 275 g/mol. The lowest BCUT2D eigenvalue weighted by atomic mass is 9.80. The highest BCUT2D eigenvalue weighted by Gasteiger charge is 2.35. The number of amides is 1. The first kappa shape index (κ1) is 17.9. The molecule has 0 heterocycles. The summed E-state index contributed by atoms with van der Waals surface area (Å²) in [6.07, 6.45) is -1.38. The zero-order valence-electron chi connectivity index (χ0n) is 12.2. The SMILES string of the molecule is CC(C)(C)C(CNC(=O)C(O)C(C)(C)CO)C(=O)O. The summed E-state index contributed by atoms with van der Waals surface area (Å²) in [7, 11) is 0. The Morgan fingerprint density at radius 1 is 1.16 bits per heavy atom. The first-order valence-corrected chi connectivity index (χ1v) is 6.23. The summed E-state index contributed by atoms with van der Waals surface area (Å²) in [4.78, 5) is 22.9. The van der Waals surface area contributed by atoms with Gasteiger partial charge in [0.2, 0.25) is 5.91 Å². The number of hydrogen-bond donors (Lipinski definition) is 4. The number of nitrogens with one attached hydrogen (secondary N) is 1. The van der Waals surface area contributed by atoms with E-state index in [1.54, 1.807) is 34.6 Å². The van der Waals surface area contributed by atoms with Gasteiger partial charge in [-0.25, -0.2) is 0 Å². The number of hydrogen-bond acceptors (Lipinski definition) is 4. The second-order valence-electron chi connectivity index (χ2n) is 6.55. The van der Waals surface area contributed by atoms with Gasteiger partial charge in [-0.1, -0.05) is 34.6 Å². The predicted octanol–water partition coefficient (Wildman–Crippen LogP) is 0.229. The third kappa shape index (κ3) is 5.16. The Balaban J connectivity index is 4.63. The van der Waals surface area contributed by atoms with Gasteiger partial charge >= 0.3 is 5.97 Å². The highest BCUT2D eigenvalue weighted by Crippen LogP contribution is 2.26. The van der Waals surface area contributed by atoms with Crippen molar-refractivity contribution in [2.24, 2.45) is 16.7 Å². The van der Waals surface area contributed by atoms with Crippen LogP contribution in [-0.2, 0) is 9.59 Å². The molecule has 0 aromatic heterocycles. The van der Waals surface area contributed by atoms with E-state index in [9.17, 15) is 14.7 Å². The molecule has 0 aromatic carbocycles. The van der Waals surface area contributed by atoms with Crippen molar-refractivity contribution in [2.75, 3.05) is 13.2 Å². The zero-order chi connectivity index (χ0) is 15.4. The summed E-state index contributed by atoms with van der Waals surface area (Å²) in [5, 5.41) is 30.4. The van der Waals surface area contributed by atoms with E-state index in [2.05, 4.69) is 5.32 Å². The number of rotatable bonds is 6. The van der Waals surface area contributed by atoms with Crippen molar-refractivity contribution in [2.45, 2.75) is 40.7 Å². The molecule has 6 nitrogen and oxygen atoms in total. The van der Waals surface area contributed by atoms with E-state index in [1.807, 2.05) is 0 Å².